The van der Waals surface area contributed by atoms with Gasteiger partial charge in [-0.1, -0.05) is 59.7 Å². The first-order valence-electron chi connectivity index (χ1n) is 11.0. The summed E-state index contributed by atoms with van der Waals surface area (Å²) in [6, 6.07) is 16.0. The van der Waals surface area contributed by atoms with Gasteiger partial charge in [-0.3, -0.25) is 29.5 Å². The van der Waals surface area contributed by atoms with Crippen LogP contribution in [0.15, 0.2) is 77.1 Å². The predicted octanol–water partition coefficient (Wildman–Crippen LogP) is 1.02. The van der Waals surface area contributed by atoms with Crippen LogP contribution in [0.4, 0.5) is 0 Å². The molecule has 2 aromatic heterocycles. The molecule has 0 spiro atoms. The van der Waals surface area contributed by atoms with E-state index in [0.29, 0.717) is 25.9 Å². The van der Waals surface area contributed by atoms with E-state index in [9.17, 15) is 24.0 Å². The summed E-state index contributed by atoms with van der Waals surface area (Å²) in [6.07, 6.45) is 1.29. The van der Waals surface area contributed by atoms with E-state index in [1.165, 1.54) is 10.2 Å². The first kappa shape index (κ1) is 26.5. The van der Waals surface area contributed by atoms with Crippen LogP contribution in [0.2, 0.25) is 0 Å². The fourth-order valence-electron chi connectivity index (χ4n) is 3.15. The van der Waals surface area contributed by atoms with Crippen molar-refractivity contribution in [3.8, 4) is 0 Å². The highest BCUT2D eigenvalue weighted by Crippen LogP contribution is 2.05. The molecule has 0 amide bonds. The number of rotatable bonds is 6. The third-order valence-electron chi connectivity index (χ3n) is 5.24. The SMILES string of the molecule is Cc1ccc(CCn2[nH]c(=O)c(=O)[nH]c2=O)cc1.Cc1ccc(CCn2nc(Br)c(=O)[nH]c2=O)cc1. The Balaban J connectivity index is 0.000000201. The van der Waals surface area contributed by atoms with Gasteiger partial charge in [-0.15, -0.1) is 0 Å². The molecule has 0 radical (unpaired) electrons. The fourth-order valence-corrected chi connectivity index (χ4v) is 3.44. The second-order valence-corrected chi connectivity index (χ2v) is 8.85. The van der Waals surface area contributed by atoms with Crippen molar-refractivity contribution in [1.29, 1.82) is 0 Å². The van der Waals surface area contributed by atoms with E-state index < -0.39 is 28.1 Å². The Morgan fingerprint density at radius 3 is 1.75 bits per heavy atom. The van der Waals surface area contributed by atoms with Gasteiger partial charge >= 0.3 is 22.5 Å². The minimum atomic E-state index is -0.924. The standard InChI is InChI=1S/C12H12BrN3O2.C12H13N3O3/c1-8-2-4-9(5-3-8)6-7-16-12(18)14-11(17)10(13)15-16;1-8-2-4-9(5-3-8)6-7-15-12(18)13-10(16)11(17)14-15/h2-5H,6-7H2,1H3,(H,14,17,18);2-5H,6-7H2,1H3,(H,14,17)(H,13,16,18). The molecule has 2 aromatic carbocycles. The number of H-pyrrole nitrogens is 3. The number of aromatic amines is 3. The van der Waals surface area contributed by atoms with Crippen LogP contribution in [0, 0.1) is 13.8 Å². The minimum absolute atomic E-state index is 0.117. The molecular weight excluding hydrogens is 532 g/mol. The van der Waals surface area contributed by atoms with E-state index in [0.717, 1.165) is 21.4 Å². The molecule has 0 fully saturated rings. The van der Waals surface area contributed by atoms with Gasteiger partial charge in [0, 0.05) is 6.54 Å². The van der Waals surface area contributed by atoms with E-state index in [1.54, 1.807) is 0 Å². The molecule has 0 aliphatic rings. The number of hydrogen-bond acceptors (Lipinski definition) is 6. The number of aryl methyl sites for hydroxylation is 6. The van der Waals surface area contributed by atoms with Gasteiger partial charge < -0.3 is 0 Å². The second kappa shape index (κ2) is 12.1. The van der Waals surface area contributed by atoms with Crippen molar-refractivity contribution in [2.45, 2.75) is 39.8 Å². The third kappa shape index (κ3) is 7.47. The lowest BCUT2D eigenvalue weighted by Crippen LogP contribution is -2.43. The van der Waals surface area contributed by atoms with Crippen molar-refractivity contribution >= 4 is 15.9 Å². The zero-order chi connectivity index (χ0) is 26.2. The number of nitrogens with zero attached hydrogens (tertiary/aromatic N) is 3. The summed E-state index contributed by atoms with van der Waals surface area (Å²) in [5, 5.41) is 6.11. The number of hydrogen-bond donors (Lipinski definition) is 3. The van der Waals surface area contributed by atoms with Crippen LogP contribution in [0.25, 0.3) is 0 Å². The van der Waals surface area contributed by atoms with E-state index in [1.807, 2.05) is 67.4 Å². The van der Waals surface area contributed by atoms with Gasteiger partial charge in [-0.25, -0.2) is 19.0 Å². The van der Waals surface area contributed by atoms with Crippen molar-refractivity contribution in [3.05, 3.63) is 127 Å². The molecule has 12 heteroatoms. The number of nitrogens with one attached hydrogen (secondary N) is 3. The maximum absolute atomic E-state index is 11.5. The summed E-state index contributed by atoms with van der Waals surface area (Å²) in [5.41, 5.74) is 1.18. The molecule has 0 saturated heterocycles. The van der Waals surface area contributed by atoms with Gasteiger partial charge in [0.15, 0.2) is 4.60 Å². The lowest BCUT2D eigenvalue weighted by molar-refractivity contribution is 0.545. The molecule has 0 aliphatic carbocycles. The Labute approximate surface area is 212 Å². The maximum atomic E-state index is 11.5. The summed E-state index contributed by atoms with van der Waals surface area (Å²) in [6.45, 7) is 4.76. The zero-order valence-electron chi connectivity index (χ0n) is 19.7. The molecule has 0 saturated carbocycles. The van der Waals surface area contributed by atoms with E-state index >= 15 is 0 Å². The molecule has 4 aromatic rings. The van der Waals surface area contributed by atoms with Crippen molar-refractivity contribution in [2.24, 2.45) is 0 Å². The second-order valence-electron chi connectivity index (χ2n) is 8.10. The van der Waals surface area contributed by atoms with Gasteiger partial charge in [0.05, 0.1) is 6.54 Å². The molecule has 36 heavy (non-hydrogen) atoms. The minimum Gasteiger partial charge on any atom is -0.270 e. The Hall–Kier alpha value is -4.06. The van der Waals surface area contributed by atoms with Gasteiger partial charge in [-0.05, 0) is 53.7 Å². The summed E-state index contributed by atoms with van der Waals surface area (Å²) in [5.74, 6) is 0. The van der Waals surface area contributed by atoms with Gasteiger partial charge in [0.1, 0.15) is 0 Å². The van der Waals surface area contributed by atoms with Gasteiger partial charge in [-0.2, -0.15) is 5.10 Å². The van der Waals surface area contributed by atoms with Crippen LogP contribution < -0.4 is 28.1 Å². The average molecular weight is 557 g/mol. The van der Waals surface area contributed by atoms with Crippen LogP contribution in [-0.4, -0.2) is 29.5 Å². The van der Waals surface area contributed by atoms with Gasteiger partial charge in [0.2, 0.25) is 0 Å². The number of aromatic nitrogens is 6. The largest absolute Gasteiger partial charge is 0.344 e. The summed E-state index contributed by atoms with van der Waals surface area (Å²) < 4.78 is 2.46. The first-order valence-corrected chi connectivity index (χ1v) is 11.8. The highest BCUT2D eigenvalue weighted by atomic mass is 79.9. The lowest BCUT2D eigenvalue weighted by Gasteiger charge is -2.04. The van der Waals surface area contributed by atoms with Crippen molar-refractivity contribution < 1.29 is 0 Å². The van der Waals surface area contributed by atoms with Crippen LogP contribution in [-0.2, 0) is 25.9 Å². The highest BCUT2D eigenvalue weighted by Gasteiger charge is 2.04. The fraction of sp³-hybridized carbons (Fsp3) is 0.250. The lowest BCUT2D eigenvalue weighted by atomic mass is 10.1. The molecule has 188 valence electrons. The molecule has 11 nitrogen and oxygen atoms in total. The maximum Gasteiger partial charge on any atom is 0.344 e. The normalized spacial score (nSPS) is 10.5. The molecule has 0 atom stereocenters. The van der Waals surface area contributed by atoms with Crippen molar-refractivity contribution in [3.63, 3.8) is 0 Å². The molecule has 0 unspecified atom stereocenters. The summed E-state index contributed by atoms with van der Waals surface area (Å²) in [4.78, 5) is 60.2. The number of halogens is 1. The first-order chi connectivity index (χ1) is 17.1. The highest BCUT2D eigenvalue weighted by molar-refractivity contribution is 9.10. The topological polar surface area (TPSA) is 155 Å². The summed E-state index contributed by atoms with van der Waals surface area (Å²) >= 11 is 3.00. The molecule has 2 heterocycles. The number of benzene rings is 2. The molecule has 4 rings (SSSR count). The van der Waals surface area contributed by atoms with E-state index in [2.05, 4.69) is 31.1 Å². The zero-order valence-corrected chi connectivity index (χ0v) is 21.3. The Bertz CT molecular complexity index is 1610. The Kier molecular flexibility index (Phi) is 8.90. The molecule has 0 bridgehead atoms. The van der Waals surface area contributed by atoms with Crippen molar-refractivity contribution in [2.75, 3.05) is 0 Å². The van der Waals surface area contributed by atoms with E-state index in [-0.39, 0.29) is 4.60 Å². The molecule has 0 aliphatic heterocycles. The predicted molar refractivity (Wildman–Crippen MR) is 139 cm³/mol. The average Bonchev–Trinajstić information content (AvgIpc) is 2.84. The van der Waals surface area contributed by atoms with Crippen molar-refractivity contribution in [1.82, 2.24) is 29.5 Å². The van der Waals surface area contributed by atoms with Crippen LogP contribution in [0.1, 0.15) is 22.3 Å². The van der Waals surface area contributed by atoms with Crippen LogP contribution in [0.5, 0.6) is 0 Å². The summed E-state index contributed by atoms with van der Waals surface area (Å²) in [7, 11) is 0. The third-order valence-corrected chi connectivity index (χ3v) is 5.76. The van der Waals surface area contributed by atoms with E-state index in [4.69, 9.17) is 0 Å². The molecule has 3 N–H and O–H groups in total. The van der Waals surface area contributed by atoms with Crippen LogP contribution in [0.3, 0.4) is 0 Å². The monoisotopic (exact) mass is 556 g/mol. The van der Waals surface area contributed by atoms with Gasteiger partial charge in [0.25, 0.3) is 5.56 Å². The molecular formula is C24H25BrN6O5. The quantitative estimate of drug-likeness (QED) is 0.301. The Morgan fingerprint density at radius 1 is 0.694 bits per heavy atom. The van der Waals surface area contributed by atoms with Crippen LogP contribution >= 0.6 is 15.9 Å². The smallest absolute Gasteiger partial charge is 0.270 e. The Morgan fingerprint density at radius 2 is 1.19 bits per heavy atom.